The number of hydrogen-bond donors (Lipinski definition) is 5. The zero-order valence-corrected chi connectivity index (χ0v) is 10.3. The number of aliphatic hydroxyl groups is 4. The Morgan fingerprint density at radius 1 is 1.11 bits per heavy atom. The first-order chi connectivity index (χ1) is 9.10. The molecule has 6 heteroatoms. The van der Waals surface area contributed by atoms with Gasteiger partial charge in [-0.25, -0.2) is 0 Å². The van der Waals surface area contributed by atoms with Crippen LogP contribution in [0.1, 0.15) is 5.56 Å². The fraction of sp³-hybridized carbons (Fsp3) is 0.462. The molecule has 1 aromatic rings. The molecule has 0 heterocycles. The first-order valence-electron chi connectivity index (χ1n) is 5.92. The quantitative estimate of drug-likeness (QED) is 0.421. The van der Waals surface area contributed by atoms with Gasteiger partial charge in [-0.15, -0.1) is 0 Å². The highest BCUT2D eigenvalue weighted by atomic mass is 16.4. The van der Waals surface area contributed by atoms with Gasteiger partial charge in [0.25, 0.3) is 0 Å². The average Bonchev–Trinajstić information content (AvgIpc) is 2.47. The number of nitrogens with one attached hydrogen (secondary N) is 1. The Bertz CT molecular complexity index is 407. The summed E-state index contributed by atoms with van der Waals surface area (Å²) >= 11 is 0. The van der Waals surface area contributed by atoms with Crippen LogP contribution in [0.15, 0.2) is 30.3 Å². The van der Waals surface area contributed by atoms with Gasteiger partial charge in [-0.2, -0.15) is 5.26 Å². The molecule has 1 aromatic carbocycles. The van der Waals surface area contributed by atoms with Crippen LogP contribution in [-0.2, 0) is 6.54 Å². The predicted octanol–water partition coefficient (Wildman–Crippen LogP) is -1.26. The molecule has 0 saturated carbocycles. The summed E-state index contributed by atoms with van der Waals surface area (Å²) in [5, 5.41) is 48.9. The molecule has 0 saturated heterocycles. The second kappa shape index (κ2) is 7.84. The van der Waals surface area contributed by atoms with Crippen molar-refractivity contribution in [1.82, 2.24) is 5.32 Å². The fourth-order valence-electron chi connectivity index (χ4n) is 1.60. The molecule has 0 aliphatic rings. The summed E-state index contributed by atoms with van der Waals surface area (Å²) in [5.41, 5.74) is 0.923. The number of nitriles is 1. The van der Waals surface area contributed by atoms with Gasteiger partial charge >= 0.3 is 0 Å². The highest BCUT2D eigenvalue weighted by Crippen LogP contribution is 2.06. The first-order valence-corrected chi connectivity index (χ1v) is 5.92. The largest absolute Gasteiger partial charge is 0.394 e. The molecule has 0 amide bonds. The van der Waals surface area contributed by atoms with Crippen LogP contribution in [0.4, 0.5) is 0 Å². The van der Waals surface area contributed by atoms with E-state index in [-0.39, 0.29) is 0 Å². The van der Waals surface area contributed by atoms with Crippen molar-refractivity contribution in [2.75, 3.05) is 6.61 Å². The van der Waals surface area contributed by atoms with Gasteiger partial charge in [0.2, 0.25) is 0 Å². The summed E-state index contributed by atoms with van der Waals surface area (Å²) in [4.78, 5) is 0. The molecule has 0 radical (unpaired) electrons. The average molecular weight is 266 g/mol. The minimum absolute atomic E-state index is 0.345. The van der Waals surface area contributed by atoms with Crippen molar-refractivity contribution in [3.05, 3.63) is 35.9 Å². The summed E-state index contributed by atoms with van der Waals surface area (Å²) in [7, 11) is 0. The Morgan fingerprint density at radius 2 is 1.74 bits per heavy atom. The Morgan fingerprint density at radius 3 is 2.26 bits per heavy atom. The molecular formula is C13H18N2O4. The van der Waals surface area contributed by atoms with Crippen LogP contribution in [0.25, 0.3) is 0 Å². The van der Waals surface area contributed by atoms with E-state index in [2.05, 4.69) is 5.32 Å². The minimum atomic E-state index is -1.59. The first kappa shape index (κ1) is 15.6. The second-order valence-electron chi connectivity index (χ2n) is 4.20. The van der Waals surface area contributed by atoms with Crippen molar-refractivity contribution in [2.24, 2.45) is 0 Å². The molecule has 104 valence electrons. The molecule has 6 nitrogen and oxygen atoms in total. The van der Waals surface area contributed by atoms with Gasteiger partial charge in [-0.1, -0.05) is 30.3 Å². The van der Waals surface area contributed by atoms with E-state index in [1.54, 1.807) is 0 Å². The highest BCUT2D eigenvalue weighted by molar-refractivity contribution is 5.15. The lowest BCUT2D eigenvalue weighted by molar-refractivity contribution is -0.0816. The van der Waals surface area contributed by atoms with Gasteiger partial charge in [-0.3, -0.25) is 5.32 Å². The maximum Gasteiger partial charge on any atom is 0.124 e. The standard InChI is InChI=1S/C13H18N2O4/c14-6-10(12(18)13(19)11(17)8-16)15-7-9-4-2-1-3-5-9/h1-5,10-13,15-19H,7-8H2/t10-,11+,12+,13+/m0/s1. The van der Waals surface area contributed by atoms with Crippen LogP contribution >= 0.6 is 0 Å². The monoisotopic (exact) mass is 266 g/mol. The molecule has 0 aliphatic carbocycles. The van der Waals surface area contributed by atoms with Gasteiger partial charge in [0.05, 0.1) is 12.7 Å². The number of rotatable bonds is 7. The summed E-state index contributed by atoms with van der Waals surface area (Å²) in [6.07, 6.45) is -4.56. The van der Waals surface area contributed by atoms with Crippen LogP contribution in [0.3, 0.4) is 0 Å². The van der Waals surface area contributed by atoms with Crippen molar-refractivity contribution >= 4 is 0 Å². The molecule has 0 aliphatic heterocycles. The van der Waals surface area contributed by atoms with Crippen molar-refractivity contribution in [1.29, 1.82) is 5.26 Å². The normalized spacial score (nSPS) is 17.2. The van der Waals surface area contributed by atoms with Crippen molar-refractivity contribution in [3.63, 3.8) is 0 Å². The molecule has 0 spiro atoms. The third-order valence-corrected chi connectivity index (χ3v) is 2.78. The highest BCUT2D eigenvalue weighted by Gasteiger charge is 2.30. The molecule has 4 atom stereocenters. The van der Waals surface area contributed by atoms with Crippen molar-refractivity contribution < 1.29 is 20.4 Å². The Balaban J connectivity index is 2.56. The number of nitrogens with zero attached hydrogens (tertiary/aromatic N) is 1. The van der Waals surface area contributed by atoms with E-state index in [9.17, 15) is 15.3 Å². The second-order valence-corrected chi connectivity index (χ2v) is 4.20. The number of hydrogen-bond acceptors (Lipinski definition) is 6. The van der Waals surface area contributed by atoms with E-state index in [1.807, 2.05) is 36.4 Å². The predicted molar refractivity (Wildman–Crippen MR) is 67.8 cm³/mol. The van der Waals surface area contributed by atoms with E-state index in [0.29, 0.717) is 6.54 Å². The number of aliphatic hydroxyl groups excluding tert-OH is 4. The molecule has 0 fully saturated rings. The van der Waals surface area contributed by atoms with Crippen molar-refractivity contribution in [2.45, 2.75) is 30.9 Å². The van der Waals surface area contributed by atoms with Crippen molar-refractivity contribution in [3.8, 4) is 6.07 Å². The molecular weight excluding hydrogens is 248 g/mol. The van der Waals surface area contributed by atoms with E-state index in [0.717, 1.165) is 5.56 Å². The Kier molecular flexibility index (Phi) is 6.42. The third-order valence-electron chi connectivity index (χ3n) is 2.78. The summed E-state index contributed by atoms with van der Waals surface area (Å²) < 4.78 is 0. The zero-order chi connectivity index (χ0) is 14.3. The molecule has 0 aromatic heterocycles. The third kappa shape index (κ3) is 4.59. The molecule has 1 rings (SSSR count). The zero-order valence-electron chi connectivity index (χ0n) is 10.3. The van der Waals surface area contributed by atoms with Crippen LogP contribution in [0, 0.1) is 11.3 Å². The topological polar surface area (TPSA) is 117 Å². The van der Waals surface area contributed by atoms with Crippen LogP contribution < -0.4 is 5.32 Å². The van der Waals surface area contributed by atoms with Gasteiger partial charge < -0.3 is 20.4 Å². The van der Waals surface area contributed by atoms with E-state index < -0.39 is 31.0 Å². The summed E-state index contributed by atoms with van der Waals surface area (Å²) in [6.45, 7) is -0.340. The molecule has 19 heavy (non-hydrogen) atoms. The number of benzene rings is 1. The molecule has 0 unspecified atom stereocenters. The van der Waals surface area contributed by atoms with Gasteiger partial charge in [-0.05, 0) is 5.56 Å². The lowest BCUT2D eigenvalue weighted by atomic mass is 10.0. The fourth-order valence-corrected chi connectivity index (χ4v) is 1.60. The summed E-state index contributed by atoms with van der Waals surface area (Å²) in [6, 6.07) is 10.0. The van der Waals surface area contributed by atoms with E-state index >= 15 is 0 Å². The molecule has 0 bridgehead atoms. The van der Waals surface area contributed by atoms with E-state index in [1.165, 1.54) is 0 Å². The van der Waals surface area contributed by atoms with Crippen LogP contribution in [0.5, 0.6) is 0 Å². The van der Waals surface area contributed by atoms with Gasteiger partial charge in [0, 0.05) is 6.54 Å². The van der Waals surface area contributed by atoms with Crippen LogP contribution in [0.2, 0.25) is 0 Å². The summed E-state index contributed by atoms with van der Waals surface area (Å²) in [5.74, 6) is 0. The van der Waals surface area contributed by atoms with E-state index in [4.69, 9.17) is 10.4 Å². The maximum atomic E-state index is 9.75. The lowest BCUT2D eigenvalue weighted by Gasteiger charge is -2.25. The SMILES string of the molecule is N#C[C@H](NCc1ccccc1)[C@@H](O)[C@H](O)[C@H](O)CO. The smallest absolute Gasteiger partial charge is 0.124 e. The minimum Gasteiger partial charge on any atom is -0.394 e. The van der Waals surface area contributed by atoms with Gasteiger partial charge in [0.1, 0.15) is 24.4 Å². The van der Waals surface area contributed by atoms with Crippen LogP contribution in [-0.4, -0.2) is 51.4 Å². The Hall–Kier alpha value is -1.49. The molecule has 5 N–H and O–H groups in total. The Labute approximate surface area is 111 Å². The lowest BCUT2D eigenvalue weighted by Crippen LogP contribution is -2.50. The van der Waals surface area contributed by atoms with Gasteiger partial charge in [0.15, 0.2) is 0 Å². The maximum absolute atomic E-state index is 9.75.